The number of carbonyl (C=O) groups excluding carboxylic acids is 1. The Morgan fingerprint density at radius 3 is 2.87 bits per heavy atom. The molecule has 0 saturated carbocycles. The van der Waals surface area contributed by atoms with Gasteiger partial charge in [0, 0.05) is 31.3 Å². The molecule has 0 aliphatic carbocycles. The Balaban J connectivity index is 2.05. The first-order chi connectivity index (χ1) is 6.99. The lowest BCUT2D eigenvalue weighted by atomic mass is 9.85. The zero-order valence-electron chi connectivity index (χ0n) is 9.95. The molecule has 86 valence electrons. The van der Waals surface area contributed by atoms with E-state index in [1.54, 1.807) is 0 Å². The molecule has 0 aromatic heterocycles. The van der Waals surface area contributed by atoms with E-state index in [0.29, 0.717) is 6.04 Å². The highest BCUT2D eigenvalue weighted by atomic mass is 16.5. The second kappa shape index (κ2) is 3.78. The fourth-order valence-corrected chi connectivity index (χ4v) is 3.26. The third-order valence-electron chi connectivity index (χ3n) is 3.75. The summed E-state index contributed by atoms with van der Waals surface area (Å²) < 4.78 is 5.37. The number of rotatable bonds is 1. The Morgan fingerprint density at radius 2 is 2.20 bits per heavy atom. The van der Waals surface area contributed by atoms with Gasteiger partial charge in [-0.3, -0.25) is 9.69 Å². The van der Waals surface area contributed by atoms with E-state index in [2.05, 4.69) is 18.7 Å². The summed E-state index contributed by atoms with van der Waals surface area (Å²) in [6.45, 7) is 7.25. The van der Waals surface area contributed by atoms with E-state index in [4.69, 9.17) is 4.74 Å². The molecule has 3 heteroatoms. The first-order valence-corrected chi connectivity index (χ1v) is 5.93. The third-order valence-corrected chi connectivity index (χ3v) is 3.75. The maximum Gasteiger partial charge on any atom is 0.302 e. The van der Waals surface area contributed by atoms with Crippen LogP contribution in [0, 0.1) is 0 Å². The summed E-state index contributed by atoms with van der Waals surface area (Å²) in [5, 5.41) is 0. The minimum atomic E-state index is -0.137. The van der Waals surface area contributed by atoms with Gasteiger partial charge in [0.25, 0.3) is 0 Å². The molecule has 0 unspecified atom stereocenters. The lowest BCUT2D eigenvalue weighted by Crippen LogP contribution is -2.54. The molecule has 2 atom stereocenters. The highest BCUT2D eigenvalue weighted by Gasteiger charge is 2.43. The molecule has 0 amide bonds. The van der Waals surface area contributed by atoms with Gasteiger partial charge in [-0.05, 0) is 33.2 Å². The van der Waals surface area contributed by atoms with Crippen molar-refractivity contribution in [2.45, 2.75) is 64.1 Å². The van der Waals surface area contributed by atoms with Crippen molar-refractivity contribution in [3.63, 3.8) is 0 Å². The molecule has 0 aromatic rings. The number of piperidine rings is 1. The van der Waals surface area contributed by atoms with Crippen molar-refractivity contribution in [1.29, 1.82) is 0 Å². The molecule has 2 aliphatic heterocycles. The topological polar surface area (TPSA) is 29.5 Å². The van der Waals surface area contributed by atoms with Gasteiger partial charge < -0.3 is 4.74 Å². The quantitative estimate of drug-likeness (QED) is 0.621. The van der Waals surface area contributed by atoms with Crippen molar-refractivity contribution in [1.82, 2.24) is 4.90 Å². The van der Waals surface area contributed by atoms with Gasteiger partial charge in [0.1, 0.15) is 6.10 Å². The van der Waals surface area contributed by atoms with Crippen LogP contribution in [0.4, 0.5) is 0 Å². The van der Waals surface area contributed by atoms with Crippen molar-refractivity contribution in [2.75, 3.05) is 6.54 Å². The van der Waals surface area contributed by atoms with Crippen LogP contribution in [0.5, 0.6) is 0 Å². The smallest absolute Gasteiger partial charge is 0.302 e. The fourth-order valence-electron chi connectivity index (χ4n) is 3.26. The van der Waals surface area contributed by atoms with Gasteiger partial charge in [0.05, 0.1) is 0 Å². The molecular weight excluding hydrogens is 190 g/mol. The normalized spacial score (nSPS) is 34.9. The average molecular weight is 211 g/mol. The van der Waals surface area contributed by atoms with E-state index in [-0.39, 0.29) is 17.6 Å². The summed E-state index contributed by atoms with van der Waals surface area (Å²) >= 11 is 0. The van der Waals surface area contributed by atoms with Gasteiger partial charge in [0.15, 0.2) is 0 Å². The Morgan fingerprint density at radius 1 is 1.47 bits per heavy atom. The van der Waals surface area contributed by atoms with Crippen molar-refractivity contribution in [2.24, 2.45) is 0 Å². The molecule has 2 fully saturated rings. The Kier molecular flexibility index (Phi) is 2.75. The van der Waals surface area contributed by atoms with E-state index in [1.807, 2.05) is 0 Å². The second-order valence-electron chi connectivity index (χ2n) is 5.47. The largest absolute Gasteiger partial charge is 0.462 e. The Hall–Kier alpha value is -0.570. The molecule has 0 radical (unpaired) electrons. The van der Waals surface area contributed by atoms with Crippen LogP contribution in [0.3, 0.4) is 0 Å². The van der Waals surface area contributed by atoms with Crippen molar-refractivity contribution in [3.05, 3.63) is 0 Å². The van der Waals surface area contributed by atoms with Gasteiger partial charge in [-0.25, -0.2) is 0 Å². The zero-order valence-corrected chi connectivity index (χ0v) is 9.95. The highest BCUT2D eigenvalue weighted by Crippen LogP contribution is 2.38. The number of fused-ring (bicyclic) bond motifs is 1. The van der Waals surface area contributed by atoms with Gasteiger partial charge in [-0.1, -0.05) is 0 Å². The van der Waals surface area contributed by atoms with Crippen LogP contribution in [0.2, 0.25) is 0 Å². The zero-order chi connectivity index (χ0) is 11.1. The molecule has 0 N–H and O–H groups in total. The lowest BCUT2D eigenvalue weighted by Gasteiger charge is -2.47. The van der Waals surface area contributed by atoms with Gasteiger partial charge in [0.2, 0.25) is 0 Å². The van der Waals surface area contributed by atoms with Crippen LogP contribution < -0.4 is 0 Å². The summed E-state index contributed by atoms with van der Waals surface area (Å²) in [4.78, 5) is 13.6. The van der Waals surface area contributed by atoms with Gasteiger partial charge >= 0.3 is 5.97 Å². The summed E-state index contributed by atoms with van der Waals surface area (Å²) in [6.07, 6.45) is 4.70. The number of hydrogen-bond donors (Lipinski definition) is 0. The van der Waals surface area contributed by atoms with Crippen LogP contribution in [0.25, 0.3) is 0 Å². The number of hydrogen-bond acceptors (Lipinski definition) is 3. The minimum Gasteiger partial charge on any atom is -0.462 e. The maximum atomic E-state index is 11.0. The van der Waals surface area contributed by atoms with Gasteiger partial charge in [-0.2, -0.15) is 0 Å². The Bertz CT molecular complexity index is 262. The first-order valence-electron chi connectivity index (χ1n) is 5.93. The third kappa shape index (κ3) is 2.17. The molecular formula is C12H21NO2. The Labute approximate surface area is 91.8 Å². The molecule has 0 aromatic carbocycles. The molecule has 3 nitrogen and oxygen atoms in total. The van der Waals surface area contributed by atoms with Crippen LogP contribution in [0.1, 0.15) is 46.5 Å². The monoisotopic (exact) mass is 211 g/mol. The van der Waals surface area contributed by atoms with Crippen molar-refractivity contribution >= 4 is 5.97 Å². The highest BCUT2D eigenvalue weighted by molar-refractivity contribution is 5.66. The van der Waals surface area contributed by atoms with E-state index < -0.39 is 0 Å². The lowest BCUT2D eigenvalue weighted by molar-refractivity contribution is -0.152. The van der Waals surface area contributed by atoms with E-state index in [1.165, 1.54) is 26.3 Å². The first kappa shape index (κ1) is 10.9. The molecule has 2 rings (SSSR count). The molecule has 2 heterocycles. The summed E-state index contributed by atoms with van der Waals surface area (Å²) in [5.74, 6) is -0.137. The molecule has 0 spiro atoms. The summed E-state index contributed by atoms with van der Waals surface area (Å²) in [6, 6.07) is 0.637. The second-order valence-corrected chi connectivity index (χ2v) is 5.47. The number of ether oxygens (including phenoxy) is 1. The van der Waals surface area contributed by atoms with E-state index in [0.717, 1.165) is 12.8 Å². The SMILES string of the molecule is CC(=O)O[C@H]1C[C@@H]2CCCN2C(C)(C)C1. The van der Waals surface area contributed by atoms with Crippen LogP contribution >= 0.6 is 0 Å². The number of carbonyl (C=O) groups is 1. The van der Waals surface area contributed by atoms with E-state index >= 15 is 0 Å². The standard InChI is InChI=1S/C12H21NO2/c1-9(14)15-11-7-10-5-4-6-13(10)12(2,3)8-11/h10-11H,4-8H2,1-3H3/t10-,11-/m0/s1. The average Bonchev–Trinajstić information content (AvgIpc) is 2.49. The molecule has 15 heavy (non-hydrogen) atoms. The number of esters is 1. The van der Waals surface area contributed by atoms with Gasteiger partial charge in [-0.15, -0.1) is 0 Å². The van der Waals surface area contributed by atoms with Crippen LogP contribution in [-0.2, 0) is 9.53 Å². The van der Waals surface area contributed by atoms with Crippen molar-refractivity contribution < 1.29 is 9.53 Å². The van der Waals surface area contributed by atoms with E-state index in [9.17, 15) is 4.79 Å². The predicted octanol–water partition coefficient (Wildman–Crippen LogP) is 1.95. The molecule has 2 saturated heterocycles. The predicted molar refractivity (Wildman–Crippen MR) is 58.6 cm³/mol. The van der Waals surface area contributed by atoms with Crippen LogP contribution in [0.15, 0.2) is 0 Å². The fraction of sp³-hybridized carbons (Fsp3) is 0.917. The van der Waals surface area contributed by atoms with Crippen LogP contribution in [-0.4, -0.2) is 35.1 Å². The summed E-state index contributed by atoms with van der Waals surface area (Å²) in [5.41, 5.74) is 0.194. The molecule has 2 aliphatic rings. The molecule has 0 bridgehead atoms. The minimum absolute atomic E-state index is 0.136. The summed E-state index contributed by atoms with van der Waals surface area (Å²) in [7, 11) is 0. The number of nitrogens with zero attached hydrogens (tertiary/aromatic N) is 1. The van der Waals surface area contributed by atoms with Crippen molar-refractivity contribution in [3.8, 4) is 0 Å². The maximum absolute atomic E-state index is 11.0.